The second kappa shape index (κ2) is 5.27. The summed E-state index contributed by atoms with van der Waals surface area (Å²) < 4.78 is 10.5. The van der Waals surface area contributed by atoms with Crippen LogP contribution in [0.2, 0.25) is 5.02 Å². The van der Waals surface area contributed by atoms with Gasteiger partial charge in [0, 0.05) is 17.0 Å². The van der Waals surface area contributed by atoms with E-state index in [9.17, 15) is 4.79 Å². The van der Waals surface area contributed by atoms with E-state index >= 15 is 0 Å². The van der Waals surface area contributed by atoms with Gasteiger partial charge in [0.25, 0.3) is 5.22 Å². The first-order valence-corrected chi connectivity index (χ1v) is 7.03. The third-order valence-electron chi connectivity index (χ3n) is 2.74. The molecule has 0 unspecified atom stereocenters. The Morgan fingerprint density at radius 2 is 2.11 bits per heavy atom. The Labute approximate surface area is 119 Å². The zero-order valence-corrected chi connectivity index (χ0v) is 11.4. The number of benzene rings is 1. The second-order valence-corrected chi connectivity index (χ2v) is 5.65. The van der Waals surface area contributed by atoms with Crippen molar-refractivity contribution in [2.75, 3.05) is 6.61 Å². The van der Waals surface area contributed by atoms with E-state index in [-0.39, 0.29) is 11.2 Å². The zero-order valence-electron chi connectivity index (χ0n) is 9.84. The van der Waals surface area contributed by atoms with Crippen LogP contribution in [0.15, 0.2) is 40.1 Å². The molecular formula is C13H10ClNO3S. The maximum atomic E-state index is 11.4. The molecule has 1 fully saturated rings. The highest BCUT2D eigenvalue weighted by Gasteiger charge is 2.29. The monoisotopic (exact) mass is 295 g/mol. The van der Waals surface area contributed by atoms with Gasteiger partial charge in [0.15, 0.2) is 5.76 Å². The zero-order chi connectivity index (χ0) is 13.2. The van der Waals surface area contributed by atoms with Gasteiger partial charge in [-0.25, -0.2) is 4.98 Å². The van der Waals surface area contributed by atoms with E-state index in [0.717, 1.165) is 5.56 Å². The minimum absolute atomic E-state index is 0.198. The number of halogens is 1. The Morgan fingerprint density at radius 1 is 1.32 bits per heavy atom. The fourth-order valence-corrected chi connectivity index (χ4v) is 2.77. The van der Waals surface area contributed by atoms with Gasteiger partial charge >= 0.3 is 5.97 Å². The van der Waals surface area contributed by atoms with Crippen molar-refractivity contribution in [1.82, 2.24) is 4.98 Å². The van der Waals surface area contributed by atoms with Gasteiger partial charge in [0.2, 0.25) is 0 Å². The van der Waals surface area contributed by atoms with Gasteiger partial charge in [0.05, 0.1) is 12.8 Å². The first-order valence-electron chi connectivity index (χ1n) is 5.77. The number of nitrogens with zero attached hydrogens (tertiary/aromatic N) is 1. The Hall–Kier alpha value is -1.46. The van der Waals surface area contributed by atoms with Gasteiger partial charge in [0.1, 0.15) is 5.25 Å². The highest BCUT2D eigenvalue weighted by molar-refractivity contribution is 8.00. The molecule has 1 aromatic carbocycles. The molecule has 0 radical (unpaired) electrons. The highest BCUT2D eigenvalue weighted by atomic mass is 35.5. The van der Waals surface area contributed by atoms with Gasteiger partial charge in [-0.1, -0.05) is 23.4 Å². The van der Waals surface area contributed by atoms with Crippen molar-refractivity contribution in [1.29, 1.82) is 0 Å². The van der Waals surface area contributed by atoms with E-state index in [0.29, 0.717) is 29.0 Å². The maximum Gasteiger partial charge on any atom is 0.319 e. The van der Waals surface area contributed by atoms with E-state index in [1.165, 1.54) is 11.8 Å². The van der Waals surface area contributed by atoms with Gasteiger partial charge in [-0.2, -0.15) is 0 Å². The lowest BCUT2D eigenvalue weighted by Crippen LogP contribution is -2.09. The summed E-state index contributed by atoms with van der Waals surface area (Å²) in [6.45, 7) is 0.473. The molecule has 0 saturated carbocycles. The molecule has 1 saturated heterocycles. The van der Waals surface area contributed by atoms with Crippen molar-refractivity contribution in [3.05, 3.63) is 35.5 Å². The number of rotatable bonds is 3. The standard InChI is InChI=1S/C13H10ClNO3S/c14-9-3-1-8(2-4-9)10-7-15-13(18-10)19-11-5-6-17-12(11)16/h1-4,7,11H,5-6H2/t11-/m1/s1. The maximum absolute atomic E-state index is 11.4. The third kappa shape index (κ3) is 2.77. The van der Waals surface area contributed by atoms with Crippen molar-refractivity contribution in [2.45, 2.75) is 16.9 Å². The van der Waals surface area contributed by atoms with Crippen LogP contribution < -0.4 is 0 Å². The lowest BCUT2D eigenvalue weighted by atomic mass is 10.2. The van der Waals surface area contributed by atoms with Crippen LogP contribution in [0.4, 0.5) is 0 Å². The smallest absolute Gasteiger partial charge is 0.319 e. The fourth-order valence-electron chi connectivity index (χ4n) is 1.77. The van der Waals surface area contributed by atoms with Crippen LogP contribution in [0.1, 0.15) is 6.42 Å². The van der Waals surface area contributed by atoms with Crippen molar-refractivity contribution in [3.63, 3.8) is 0 Å². The van der Waals surface area contributed by atoms with Crippen LogP contribution in [0.3, 0.4) is 0 Å². The van der Waals surface area contributed by atoms with Crippen LogP contribution in [0.25, 0.3) is 11.3 Å². The number of esters is 1. The van der Waals surface area contributed by atoms with Crippen LogP contribution in [-0.4, -0.2) is 22.8 Å². The number of ether oxygens (including phenoxy) is 1. The summed E-state index contributed by atoms with van der Waals surface area (Å²) in [5.41, 5.74) is 0.901. The van der Waals surface area contributed by atoms with Gasteiger partial charge in [-0.3, -0.25) is 4.79 Å². The van der Waals surface area contributed by atoms with Gasteiger partial charge in [-0.15, -0.1) is 0 Å². The average Bonchev–Trinajstić information content (AvgIpc) is 3.01. The Morgan fingerprint density at radius 3 is 2.79 bits per heavy atom. The Balaban J connectivity index is 1.75. The van der Waals surface area contributed by atoms with Gasteiger partial charge < -0.3 is 9.15 Å². The average molecular weight is 296 g/mol. The molecule has 3 rings (SSSR count). The normalized spacial score (nSPS) is 18.6. The summed E-state index contributed by atoms with van der Waals surface area (Å²) in [6.07, 6.45) is 2.34. The Bertz CT molecular complexity index is 596. The number of carbonyl (C=O) groups is 1. The summed E-state index contributed by atoms with van der Waals surface area (Å²) in [5.74, 6) is 0.460. The van der Waals surface area contributed by atoms with E-state index in [1.807, 2.05) is 12.1 Å². The number of hydrogen-bond donors (Lipinski definition) is 0. The second-order valence-electron chi connectivity index (χ2n) is 4.06. The van der Waals surface area contributed by atoms with Crippen LogP contribution in [0, 0.1) is 0 Å². The molecule has 19 heavy (non-hydrogen) atoms. The van der Waals surface area contributed by atoms with Crippen LogP contribution >= 0.6 is 23.4 Å². The van der Waals surface area contributed by atoms with Crippen molar-refractivity contribution in [3.8, 4) is 11.3 Å². The molecule has 0 amide bonds. The molecule has 0 N–H and O–H groups in total. The fraction of sp³-hybridized carbons (Fsp3) is 0.231. The van der Waals surface area contributed by atoms with E-state index < -0.39 is 0 Å². The van der Waals surface area contributed by atoms with Gasteiger partial charge in [-0.05, 0) is 24.3 Å². The van der Waals surface area contributed by atoms with Crippen LogP contribution in [0.5, 0.6) is 0 Å². The summed E-state index contributed by atoms with van der Waals surface area (Å²) >= 11 is 7.13. The molecular weight excluding hydrogens is 286 g/mol. The number of aromatic nitrogens is 1. The first kappa shape index (κ1) is 12.6. The molecule has 6 heteroatoms. The predicted octanol–water partition coefficient (Wildman–Crippen LogP) is 3.40. The molecule has 1 atom stereocenters. The van der Waals surface area contributed by atoms with Crippen molar-refractivity contribution in [2.24, 2.45) is 0 Å². The SMILES string of the molecule is O=C1OCC[C@H]1Sc1ncc(-c2ccc(Cl)cc2)o1. The summed E-state index contributed by atoms with van der Waals surface area (Å²) in [7, 11) is 0. The predicted molar refractivity (Wildman–Crippen MR) is 72.2 cm³/mol. The number of oxazole rings is 1. The lowest BCUT2D eigenvalue weighted by Gasteiger charge is -2.00. The minimum atomic E-state index is -0.211. The molecule has 1 aliphatic rings. The molecule has 2 heterocycles. The molecule has 1 aromatic heterocycles. The summed E-state index contributed by atoms with van der Waals surface area (Å²) in [6, 6.07) is 7.31. The topological polar surface area (TPSA) is 52.3 Å². The number of carbonyl (C=O) groups excluding carboxylic acids is 1. The largest absolute Gasteiger partial charge is 0.465 e. The van der Waals surface area contributed by atoms with Crippen molar-refractivity contribution < 1.29 is 13.9 Å². The minimum Gasteiger partial charge on any atom is -0.465 e. The number of thioether (sulfide) groups is 1. The van der Waals surface area contributed by atoms with Crippen molar-refractivity contribution >= 4 is 29.3 Å². The lowest BCUT2D eigenvalue weighted by molar-refractivity contribution is -0.137. The van der Waals surface area contributed by atoms with E-state index in [2.05, 4.69) is 4.98 Å². The molecule has 0 aliphatic carbocycles. The van der Waals surface area contributed by atoms with Crippen LogP contribution in [-0.2, 0) is 9.53 Å². The molecule has 0 spiro atoms. The number of hydrogen-bond acceptors (Lipinski definition) is 5. The summed E-state index contributed by atoms with van der Waals surface area (Å²) in [4.78, 5) is 15.5. The summed E-state index contributed by atoms with van der Waals surface area (Å²) in [5, 5.41) is 0.942. The van der Waals surface area contributed by atoms with E-state index in [1.54, 1.807) is 18.3 Å². The molecule has 4 nitrogen and oxygen atoms in total. The molecule has 98 valence electrons. The molecule has 2 aromatic rings. The Kier molecular flexibility index (Phi) is 3.48. The molecule has 1 aliphatic heterocycles. The third-order valence-corrected chi connectivity index (χ3v) is 4.10. The molecule has 0 bridgehead atoms. The number of cyclic esters (lactones) is 1. The highest BCUT2D eigenvalue weighted by Crippen LogP contribution is 2.31. The van der Waals surface area contributed by atoms with E-state index in [4.69, 9.17) is 20.8 Å². The first-order chi connectivity index (χ1) is 9.22. The quantitative estimate of drug-likeness (QED) is 0.812.